The quantitative estimate of drug-likeness (QED) is 0.480. The molecule has 0 aliphatic rings. The van der Waals surface area contributed by atoms with Gasteiger partial charge in [0.15, 0.2) is 0 Å². The summed E-state index contributed by atoms with van der Waals surface area (Å²) in [6.45, 7) is 1.77. The van der Waals surface area contributed by atoms with E-state index in [-0.39, 0.29) is 16.9 Å². The lowest BCUT2D eigenvalue weighted by Gasteiger charge is -2.24. The molecule has 5 nitrogen and oxygen atoms in total. The summed E-state index contributed by atoms with van der Waals surface area (Å²) in [6, 6.07) is 17.7. The number of carbonyl (C=O) groups excluding carboxylic acids is 1. The highest BCUT2D eigenvalue weighted by Crippen LogP contribution is 2.34. The van der Waals surface area contributed by atoms with Gasteiger partial charge in [-0.2, -0.15) is 4.98 Å². The topological polar surface area (TPSA) is 51.7 Å². The van der Waals surface area contributed by atoms with Gasteiger partial charge in [-0.05, 0) is 42.5 Å². The van der Waals surface area contributed by atoms with Crippen LogP contribution >= 0.6 is 23.2 Å². The van der Waals surface area contributed by atoms with E-state index in [9.17, 15) is 4.79 Å². The highest BCUT2D eigenvalue weighted by Gasteiger charge is 2.20. The van der Waals surface area contributed by atoms with E-state index in [0.717, 1.165) is 5.56 Å². The first-order valence-electron chi connectivity index (χ1n) is 8.48. The number of hydrogen-bond donors (Lipinski definition) is 0. The number of amides is 1. The molecule has 0 spiro atoms. The van der Waals surface area contributed by atoms with Crippen LogP contribution in [0.15, 0.2) is 60.7 Å². The van der Waals surface area contributed by atoms with Crippen molar-refractivity contribution in [1.82, 2.24) is 4.98 Å². The van der Waals surface area contributed by atoms with Crippen molar-refractivity contribution in [2.75, 3.05) is 12.0 Å². The maximum Gasteiger partial charge on any atom is 0.244 e. The molecular formula is C21H18Cl2N2O3. The molecule has 0 saturated carbocycles. The largest absolute Gasteiger partial charge is 0.496 e. The first kappa shape index (κ1) is 20.0. The van der Waals surface area contributed by atoms with Gasteiger partial charge in [-0.25, -0.2) is 0 Å². The van der Waals surface area contributed by atoms with Crippen LogP contribution in [0.4, 0.5) is 5.69 Å². The summed E-state index contributed by atoms with van der Waals surface area (Å²) < 4.78 is 11.3. The Balaban J connectivity index is 1.98. The van der Waals surface area contributed by atoms with Crippen LogP contribution in [-0.2, 0) is 11.3 Å². The number of para-hydroxylation sites is 1. The fourth-order valence-corrected chi connectivity index (χ4v) is 2.94. The van der Waals surface area contributed by atoms with Crippen molar-refractivity contribution in [3.8, 4) is 17.4 Å². The van der Waals surface area contributed by atoms with Crippen LogP contribution in [0.3, 0.4) is 0 Å². The summed E-state index contributed by atoms with van der Waals surface area (Å²) in [5, 5.41) is 0.849. The molecule has 0 unspecified atom stereocenters. The number of benzene rings is 2. The number of methoxy groups -OCH3 is 1. The third-order valence-electron chi connectivity index (χ3n) is 4.03. The number of hydrogen-bond acceptors (Lipinski definition) is 4. The number of anilines is 1. The third-order valence-corrected chi connectivity index (χ3v) is 4.49. The lowest BCUT2D eigenvalue weighted by atomic mass is 10.1. The molecule has 2 aromatic carbocycles. The Bertz CT molecular complexity index is 978. The van der Waals surface area contributed by atoms with Crippen LogP contribution < -0.4 is 14.4 Å². The van der Waals surface area contributed by atoms with E-state index < -0.39 is 0 Å². The molecule has 1 aromatic heterocycles. The lowest BCUT2D eigenvalue weighted by molar-refractivity contribution is -0.116. The predicted molar refractivity (Wildman–Crippen MR) is 111 cm³/mol. The van der Waals surface area contributed by atoms with Crippen LogP contribution in [0.5, 0.6) is 17.4 Å². The standard InChI is InChI=1S/C21H18Cl2N2O3/c1-14(26)25(13-15-5-3-4-6-19(15)27-2)18-11-12-20(23)24-21(18)28-17-9-7-16(22)8-10-17/h3-12H,13H2,1-2H3. The molecular weight excluding hydrogens is 399 g/mol. The van der Waals surface area contributed by atoms with Gasteiger partial charge in [-0.15, -0.1) is 0 Å². The summed E-state index contributed by atoms with van der Waals surface area (Å²) in [7, 11) is 1.59. The van der Waals surface area contributed by atoms with Gasteiger partial charge < -0.3 is 14.4 Å². The fraction of sp³-hybridized carbons (Fsp3) is 0.143. The Morgan fingerprint density at radius 3 is 2.43 bits per heavy atom. The average molecular weight is 417 g/mol. The van der Waals surface area contributed by atoms with Gasteiger partial charge in [-0.1, -0.05) is 41.4 Å². The van der Waals surface area contributed by atoms with E-state index in [1.165, 1.54) is 6.92 Å². The van der Waals surface area contributed by atoms with E-state index in [1.807, 2.05) is 24.3 Å². The molecule has 7 heteroatoms. The number of halogens is 2. The Morgan fingerprint density at radius 2 is 1.75 bits per heavy atom. The normalized spacial score (nSPS) is 10.4. The first-order valence-corrected chi connectivity index (χ1v) is 9.23. The van der Waals surface area contributed by atoms with Gasteiger partial charge in [0.2, 0.25) is 11.8 Å². The molecule has 28 heavy (non-hydrogen) atoms. The zero-order valence-electron chi connectivity index (χ0n) is 15.4. The lowest BCUT2D eigenvalue weighted by Crippen LogP contribution is -2.28. The molecule has 0 fully saturated rings. The highest BCUT2D eigenvalue weighted by atomic mass is 35.5. The van der Waals surface area contributed by atoms with Crippen LogP contribution in [0.1, 0.15) is 12.5 Å². The SMILES string of the molecule is COc1ccccc1CN(C(C)=O)c1ccc(Cl)nc1Oc1ccc(Cl)cc1. The average Bonchev–Trinajstić information content (AvgIpc) is 2.68. The van der Waals surface area contributed by atoms with Gasteiger partial charge >= 0.3 is 0 Å². The molecule has 0 bridgehead atoms. The van der Waals surface area contributed by atoms with E-state index in [1.54, 1.807) is 48.4 Å². The van der Waals surface area contributed by atoms with E-state index >= 15 is 0 Å². The Hall–Kier alpha value is -2.76. The van der Waals surface area contributed by atoms with Gasteiger partial charge in [0.25, 0.3) is 0 Å². The molecule has 144 valence electrons. The minimum atomic E-state index is -0.170. The number of ether oxygens (including phenoxy) is 2. The maximum absolute atomic E-state index is 12.4. The monoisotopic (exact) mass is 416 g/mol. The summed E-state index contributed by atoms with van der Waals surface area (Å²) >= 11 is 12.0. The second-order valence-electron chi connectivity index (χ2n) is 5.93. The Morgan fingerprint density at radius 1 is 1.04 bits per heavy atom. The summed E-state index contributed by atoms with van der Waals surface area (Å²) in [5.41, 5.74) is 1.35. The van der Waals surface area contributed by atoms with Gasteiger partial charge in [0.1, 0.15) is 22.3 Å². The van der Waals surface area contributed by atoms with E-state index in [4.69, 9.17) is 32.7 Å². The molecule has 0 atom stereocenters. The minimum Gasteiger partial charge on any atom is -0.496 e. The number of nitrogens with zero attached hydrogens (tertiary/aromatic N) is 2. The zero-order valence-corrected chi connectivity index (χ0v) is 16.9. The van der Waals surface area contributed by atoms with Crippen LogP contribution in [-0.4, -0.2) is 18.0 Å². The number of rotatable bonds is 6. The maximum atomic E-state index is 12.4. The van der Waals surface area contributed by atoms with E-state index in [0.29, 0.717) is 28.8 Å². The van der Waals surface area contributed by atoms with Crippen LogP contribution in [0.2, 0.25) is 10.2 Å². The summed E-state index contributed by atoms with van der Waals surface area (Å²) in [5.74, 6) is 1.27. The van der Waals surface area contributed by atoms with Crippen LogP contribution in [0, 0.1) is 0 Å². The Labute approximate surface area is 173 Å². The highest BCUT2D eigenvalue weighted by molar-refractivity contribution is 6.30. The van der Waals surface area contributed by atoms with Crippen molar-refractivity contribution < 1.29 is 14.3 Å². The third kappa shape index (κ3) is 4.74. The molecule has 3 rings (SSSR count). The van der Waals surface area contributed by atoms with E-state index in [2.05, 4.69) is 4.98 Å². The molecule has 0 saturated heterocycles. The molecule has 0 aliphatic carbocycles. The van der Waals surface area contributed by atoms with Crippen molar-refractivity contribution >= 4 is 34.8 Å². The zero-order chi connectivity index (χ0) is 20.1. The number of pyridine rings is 1. The second kappa shape index (κ2) is 8.95. The van der Waals surface area contributed by atoms with Crippen LogP contribution in [0.25, 0.3) is 0 Å². The predicted octanol–water partition coefficient (Wildman–Crippen LogP) is 5.74. The van der Waals surface area contributed by atoms with Crippen molar-refractivity contribution in [2.24, 2.45) is 0 Å². The van der Waals surface area contributed by atoms with Crippen molar-refractivity contribution in [3.63, 3.8) is 0 Å². The molecule has 3 aromatic rings. The minimum absolute atomic E-state index is 0.170. The molecule has 0 N–H and O–H groups in total. The first-order chi connectivity index (χ1) is 13.5. The number of aromatic nitrogens is 1. The van der Waals surface area contributed by atoms with Gasteiger partial charge in [-0.3, -0.25) is 4.79 Å². The molecule has 0 radical (unpaired) electrons. The Kier molecular flexibility index (Phi) is 6.39. The van der Waals surface area contributed by atoms with Gasteiger partial charge in [0.05, 0.1) is 13.7 Å². The summed E-state index contributed by atoms with van der Waals surface area (Å²) in [6.07, 6.45) is 0. The van der Waals surface area contributed by atoms with Gasteiger partial charge in [0, 0.05) is 17.5 Å². The fourth-order valence-electron chi connectivity index (χ4n) is 2.68. The molecule has 1 heterocycles. The second-order valence-corrected chi connectivity index (χ2v) is 6.75. The molecule has 1 amide bonds. The summed E-state index contributed by atoms with van der Waals surface area (Å²) in [4.78, 5) is 18.3. The molecule has 0 aliphatic heterocycles. The smallest absolute Gasteiger partial charge is 0.244 e. The number of carbonyl (C=O) groups is 1. The van der Waals surface area contributed by atoms with Crippen molar-refractivity contribution in [1.29, 1.82) is 0 Å². The van der Waals surface area contributed by atoms with Crippen molar-refractivity contribution in [3.05, 3.63) is 76.4 Å². The van der Waals surface area contributed by atoms with Crippen molar-refractivity contribution in [2.45, 2.75) is 13.5 Å².